The Hall–Kier alpha value is -4.15. The van der Waals surface area contributed by atoms with Crippen molar-refractivity contribution < 1.29 is 14.7 Å². The number of allylic oxidation sites excluding steroid dienone is 1. The first-order valence-corrected chi connectivity index (χ1v) is 10.5. The number of rotatable bonds is 6. The Kier molecular flexibility index (Phi) is 5.88. The van der Waals surface area contributed by atoms with Crippen molar-refractivity contribution in [2.75, 3.05) is 0 Å². The fourth-order valence-corrected chi connectivity index (χ4v) is 3.94. The smallest absolute Gasteiger partial charge is 0.336 e. The second-order valence-corrected chi connectivity index (χ2v) is 7.84. The van der Waals surface area contributed by atoms with Crippen LogP contribution in [-0.4, -0.2) is 25.6 Å². The number of hydrogen-bond acceptors (Lipinski definition) is 6. The largest absolute Gasteiger partial charge is 0.478 e. The van der Waals surface area contributed by atoms with Gasteiger partial charge in [-0.05, 0) is 42.3 Å². The summed E-state index contributed by atoms with van der Waals surface area (Å²) >= 11 is 1.04. The fourth-order valence-electron chi connectivity index (χ4n) is 3.43. The minimum atomic E-state index is -1.20. The van der Waals surface area contributed by atoms with Gasteiger partial charge in [-0.15, -0.1) is 0 Å². The quantitative estimate of drug-likeness (QED) is 0.341. The molecule has 1 aromatic heterocycles. The van der Waals surface area contributed by atoms with Gasteiger partial charge in [0.25, 0.3) is 0 Å². The van der Waals surface area contributed by atoms with E-state index < -0.39 is 5.97 Å². The molecule has 0 amide bonds. The third-order valence-electron chi connectivity index (χ3n) is 5.11. The lowest BCUT2D eigenvalue weighted by Crippen LogP contribution is -2.14. The number of carbonyl (C=O) groups is 2. The molecule has 0 aliphatic rings. The number of hydrogen-bond donors (Lipinski definition) is 1. The molecule has 6 nitrogen and oxygen atoms in total. The molecule has 0 spiro atoms. The highest BCUT2D eigenvalue weighted by atomic mass is 32.1. The van der Waals surface area contributed by atoms with Crippen LogP contribution in [0.1, 0.15) is 32.6 Å². The van der Waals surface area contributed by atoms with Gasteiger partial charge in [0.2, 0.25) is 0 Å². The molecule has 3 aromatic carbocycles. The summed E-state index contributed by atoms with van der Waals surface area (Å²) in [5.41, 5.74) is 4.35. The highest BCUT2D eigenvalue weighted by Gasteiger charge is 2.24. The van der Waals surface area contributed by atoms with Crippen molar-refractivity contribution in [3.63, 3.8) is 0 Å². The number of nitriles is 1. The molecule has 0 fully saturated rings. The number of aromatic nitrogens is 2. The van der Waals surface area contributed by atoms with E-state index in [1.807, 2.05) is 19.1 Å². The number of carbonyl (C=O) groups excluding carboxylic acids is 1. The molecule has 0 saturated carbocycles. The first-order valence-electron chi connectivity index (χ1n) is 9.76. The lowest BCUT2D eigenvalue weighted by Gasteiger charge is -2.13. The van der Waals surface area contributed by atoms with E-state index in [1.165, 1.54) is 0 Å². The molecule has 0 atom stereocenters. The van der Waals surface area contributed by atoms with Crippen molar-refractivity contribution in [1.82, 2.24) is 8.75 Å². The summed E-state index contributed by atoms with van der Waals surface area (Å²) in [6.45, 7) is 1.92. The lowest BCUT2D eigenvalue weighted by atomic mass is 9.89. The molecular weight excluding hydrogens is 422 g/mol. The zero-order chi connectivity index (χ0) is 22.7. The lowest BCUT2D eigenvalue weighted by molar-refractivity contribution is -0.130. The van der Waals surface area contributed by atoms with Crippen molar-refractivity contribution >= 4 is 40.1 Å². The predicted octanol–water partition coefficient (Wildman–Crippen LogP) is 4.84. The van der Waals surface area contributed by atoms with E-state index in [4.69, 9.17) is 5.26 Å². The summed E-state index contributed by atoms with van der Waals surface area (Å²) in [4.78, 5) is 25.9. The monoisotopic (exact) mass is 439 g/mol. The molecule has 0 aliphatic carbocycles. The third-order valence-corrected chi connectivity index (χ3v) is 5.67. The molecule has 0 aliphatic heterocycles. The van der Waals surface area contributed by atoms with Gasteiger partial charge < -0.3 is 5.11 Å². The number of fused-ring (bicyclic) bond motifs is 1. The minimum absolute atomic E-state index is 0.0742. The predicted molar refractivity (Wildman–Crippen MR) is 122 cm³/mol. The Bertz CT molecular complexity index is 1400. The summed E-state index contributed by atoms with van der Waals surface area (Å²) in [5.74, 6) is -1.56. The van der Waals surface area contributed by atoms with Gasteiger partial charge in [0.1, 0.15) is 11.0 Å². The van der Waals surface area contributed by atoms with Crippen LogP contribution in [0.2, 0.25) is 0 Å². The molecule has 4 rings (SSSR count). The van der Waals surface area contributed by atoms with Gasteiger partial charge in [-0.25, -0.2) is 4.79 Å². The SMILES string of the molecule is Cc1ccc(C(=O)/C(Cc2ccc(C#N)cc2)=C(/C(=O)O)c2ccc3nsnc3c2)cc1. The Morgan fingerprint density at radius 1 is 0.938 bits per heavy atom. The number of benzene rings is 3. The van der Waals surface area contributed by atoms with E-state index in [9.17, 15) is 14.7 Å². The van der Waals surface area contributed by atoms with Crippen molar-refractivity contribution in [3.8, 4) is 6.07 Å². The summed E-state index contributed by atoms with van der Waals surface area (Å²) in [6.07, 6.45) is 0.105. The van der Waals surface area contributed by atoms with Gasteiger partial charge in [-0.2, -0.15) is 14.0 Å². The van der Waals surface area contributed by atoms with Crippen LogP contribution in [0.25, 0.3) is 16.6 Å². The van der Waals surface area contributed by atoms with Crippen LogP contribution in [0.3, 0.4) is 0 Å². The third kappa shape index (κ3) is 4.31. The van der Waals surface area contributed by atoms with Crippen LogP contribution in [0.5, 0.6) is 0 Å². The maximum absolute atomic E-state index is 13.5. The molecule has 1 N–H and O–H groups in total. The van der Waals surface area contributed by atoms with E-state index in [1.54, 1.807) is 54.6 Å². The molecule has 0 unspecified atom stereocenters. The Labute approximate surface area is 188 Å². The number of carboxylic acid groups (broad SMARTS) is 1. The van der Waals surface area contributed by atoms with Crippen LogP contribution >= 0.6 is 11.7 Å². The van der Waals surface area contributed by atoms with E-state index in [2.05, 4.69) is 14.8 Å². The Morgan fingerprint density at radius 2 is 1.59 bits per heavy atom. The van der Waals surface area contributed by atoms with E-state index in [0.29, 0.717) is 27.7 Å². The molecule has 7 heteroatoms. The number of Topliss-reactive ketones (excluding diaryl/α,β-unsaturated/α-hetero) is 1. The van der Waals surface area contributed by atoms with E-state index in [0.717, 1.165) is 22.9 Å². The Balaban J connectivity index is 1.89. The molecule has 0 bridgehead atoms. The van der Waals surface area contributed by atoms with Crippen LogP contribution in [0.15, 0.2) is 72.3 Å². The van der Waals surface area contributed by atoms with Crippen LogP contribution < -0.4 is 0 Å². The summed E-state index contributed by atoms with van der Waals surface area (Å²) in [6, 6.07) is 20.8. The van der Waals surface area contributed by atoms with Gasteiger partial charge in [-0.1, -0.05) is 48.0 Å². The normalized spacial score (nSPS) is 11.6. The molecule has 1 heterocycles. The van der Waals surface area contributed by atoms with Crippen molar-refractivity contribution in [2.24, 2.45) is 0 Å². The van der Waals surface area contributed by atoms with Gasteiger partial charge in [0.15, 0.2) is 5.78 Å². The number of nitrogens with zero attached hydrogens (tertiary/aromatic N) is 3. The van der Waals surface area contributed by atoms with Gasteiger partial charge in [0.05, 0.1) is 28.9 Å². The topological polar surface area (TPSA) is 104 Å². The maximum atomic E-state index is 13.5. The maximum Gasteiger partial charge on any atom is 0.336 e. The molecule has 0 saturated heterocycles. The highest BCUT2D eigenvalue weighted by Crippen LogP contribution is 2.28. The first kappa shape index (κ1) is 21.1. The van der Waals surface area contributed by atoms with Crippen molar-refractivity contribution in [3.05, 3.63) is 100 Å². The summed E-state index contributed by atoms with van der Waals surface area (Å²) in [7, 11) is 0. The summed E-state index contributed by atoms with van der Waals surface area (Å²) in [5, 5.41) is 19.2. The van der Waals surface area contributed by atoms with Crippen LogP contribution in [0, 0.1) is 18.3 Å². The standard InChI is InChI=1S/C25H17N3O3S/c1-15-2-8-18(9-3-15)24(29)20(12-16-4-6-17(14-26)7-5-16)23(25(30)31)19-10-11-21-22(13-19)28-32-27-21/h2-11,13H,12H2,1H3,(H,30,31)/b23-20+. The van der Waals surface area contributed by atoms with Crippen LogP contribution in [-0.2, 0) is 11.2 Å². The molecular formula is C25H17N3O3S. The zero-order valence-corrected chi connectivity index (χ0v) is 17.9. The van der Waals surface area contributed by atoms with Crippen molar-refractivity contribution in [2.45, 2.75) is 13.3 Å². The second-order valence-electron chi connectivity index (χ2n) is 7.31. The fraction of sp³-hybridized carbons (Fsp3) is 0.0800. The zero-order valence-electron chi connectivity index (χ0n) is 17.1. The number of aliphatic carboxylic acids is 1. The first-order chi connectivity index (χ1) is 15.5. The molecule has 4 aromatic rings. The average molecular weight is 439 g/mol. The van der Waals surface area contributed by atoms with Crippen molar-refractivity contribution in [1.29, 1.82) is 5.26 Å². The molecule has 32 heavy (non-hydrogen) atoms. The average Bonchev–Trinajstić information content (AvgIpc) is 3.27. The number of aryl methyl sites for hydroxylation is 1. The molecule has 0 radical (unpaired) electrons. The van der Waals surface area contributed by atoms with Gasteiger partial charge in [0, 0.05) is 17.6 Å². The number of ketones is 1. The summed E-state index contributed by atoms with van der Waals surface area (Å²) < 4.78 is 8.35. The van der Waals surface area contributed by atoms with Gasteiger partial charge in [-0.3, -0.25) is 4.79 Å². The van der Waals surface area contributed by atoms with E-state index in [-0.39, 0.29) is 23.4 Å². The van der Waals surface area contributed by atoms with Crippen LogP contribution in [0.4, 0.5) is 0 Å². The number of carboxylic acids is 1. The highest BCUT2D eigenvalue weighted by molar-refractivity contribution is 7.00. The second kappa shape index (κ2) is 8.92. The minimum Gasteiger partial charge on any atom is -0.478 e. The molecule has 156 valence electrons. The Morgan fingerprint density at radius 3 is 2.25 bits per heavy atom. The van der Waals surface area contributed by atoms with Gasteiger partial charge >= 0.3 is 5.97 Å². The van der Waals surface area contributed by atoms with E-state index >= 15 is 0 Å².